The van der Waals surface area contributed by atoms with E-state index in [0.29, 0.717) is 32.2 Å². The number of aryl methyl sites for hydroxylation is 3. The molecule has 0 unspecified atom stereocenters. The first-order chi connectivity index (χ1) is 15.5. The second-order valence-corrected chi connectivity index (χ2v) is 9.46. The van der Waals surface area contributed by atoms with Gasteiger partial charge in [0.1, 0.15) is 26.7 Å². The molecule has 0 bridgehead atoms. The fourth-order valence-corrected chi connectivity index (χ4v) is 4.50. The lowest BCUT2D eigenvalue weighted by Gasteiger charge is -2.12. The van der Waals surface area contributed by atoms with E-state index in [4.69, 9.17) is 4.74 Å². The van der Waals surface area contributed by atoms with Crippen LogP contribution in [0.3, 0.4) is 0 Å². The minimum Gasteiger partial charge on any atom is -0.419 e. The van der Waals surface area contributed by atoms with Crippen LogP contribution in [0.2, 0.25) is 0 Å². The van der Waals surface area contributed by atoms with E-state index in [1.54, 1.807) is 39.4 Å². The van der Waals surface area contributed by atoms with Gasteiger partial charge in [-0.3, -0.25) is 9.59 Å². The summed E-state index contributed by atoms with van der Waals surface area (Å²) in [7, 11) is 3.16. The molecule has 3 N–H and O–H groups in total. The van der Waals surface area contributed by atoms with Gasteiger partial charge >= 0.3 is 0 Å². The quantitative estimate of drug-likeness (QED) is 0.414. The van der Waals surface area contributed by atoms with E-state index in [1.165, 1.54) is 23.0 Å². The second-order valence-electron chi connectivity index (χ2n) is 8.46. The molecule has 1 amide bonds. The van der Waals surface area contributed by atoms with Crippen LogP contribution in [0.1, 0.15) is 40.5 Å². The number of amides is 1. The molecule has 0 aliphatic heterocycles. The zero-order chi connectivity index (χ0) is 24.1. The third kappa shape index (κ3) is 4.14. The Morgan fingerprint density at radius 1 is 1.27 bits per heavy atom. The van der Waals surface area contributed by atoms with Gasteiger partial charge in [0.05, 0.1) is 0 Å². The molecule has 0 radical (unpaired) electrons. The van der Waals surface area contributed by atoms with E-state index < -0.39 is 5.60 Å². The average molecular weight is 468 g/mol. The van der Waals surface area contributed by atoms with Crippen LogP contribution in [0.15, 0.2) is 29.3 Å². The van der Waals surface area contributed by atoms with Crippen LogP contribution in [-0.2, 0) is 12.6 Å². The number of hydrogen-bond donors (Lipinski definition) is 3. The maximum atomic E-state index is 12.8. The van der Waals surface area contributed by atoms with Gasteiger partial charge in [-0.15, -0.1) is 11.3 Å². The smallest absolute Gasteiger partial charge is 0.274 e. The molecule has 4 aromatic heterocycles. The number of aromatic nitrogens is 4. The Labute approximate surface area is 194 Å². The normalized spacial score (nSPS) is 11.7. The van der Waals surface area contributed by atoms with E-state index in [-0.39, 0.29) is 23.0 Å². The number of nitrogens with zero attached hydrogens (tertiary/aromatic N) is 3. The highest BCUT2D eigenvalue weighted by Gasteiger charge is 2.28. The Hall–Kier alpha value is -3.50. The predicted octanol–water partition coefficient (Wildman–Crippen LogP) is 3.38. The van der Waals surface area contributed by atoms with Gasteiger partial charge in [0.2, 0.25) is 11.8 Å². The molecule has 4 rings (SSSR count). The molecular weight excluding hydrogens is 442 g/mol. The first-order valence-corrected chi connectivity index (χ1v) is 11.1. The van der Waals surface area contributed by atoms with E-state index in [1.807, 2.05) is 19.9 Å². The van der Waals surface area contributed by atoms with Gasteiger partial charge in [-0.05, 0) is 45.4 Å². The Balaban J connectivity index is 1.97. The van der Waals surface area contributed by atoms with Gasteiger partial charge in [0, 0.05) is 43.0 Å². The number of aromatic amines is 1. The molecule has 9 nitrogen and oxygen atoms in total. The van der Waals surface area contributed by atoms with Crippen molar-refractivity contribution >= 4 is 28.1 Å². The van der Waals surface area contributed by atoms with Crippen molar-refractivity contribution in [3.8, 4) is 22.2 Å². The Morgan fingerprint density at radius 3 is 2.64 bits per heavy atom. The number of ether oxygens (including phenoxy) is 1. The number of hydrogen-bond acceptors (Lipinski definition) is 7. The number of aliphatic hydroxyl groups is 1. The molecule has 0 fully saturated rings. The van der Waals surface area contributed by atoms with Crippen LogP contribution in [-0.4, -0.2) is 37.6 Å². The summed E-state index contributed by atoms with van der Waals surface area (Å²) in [5.41, 5.74) is 1.57. The van der Waals surface area contributed by atoms with Crippen molar-refractivity contribution in [1.82, 2.24) is 24.8 Å². The standard InChI is InChI=1S/C23H25N5O4S/c1-11-7-12(2)19(25-9-11)32-20-17(33-22(27-20)23(3,4)31)14-10-28(6)21(30)16-13(14)8-15(26-16)18(29)24-5/h7-10,26,31H,1-6H3,(H,24,29). The summed E-state index contributed by atoms with van der Waals surface area (Å²) >= 11 is 1.26. The summed E-state index contributed by atoms with van der Waals surface area (Å²) in [6, 6.07) is 3.59. The molecular formula is C23H25N5O4S. The number of nitrogens with one attached hydrogen (secondary N) is 2. The minimum absolute atomic E-state index is 0.263. The second kappa shape index (κ2) is 8.13. The minimum atomic E-state index is -1.21. The molecule has 33 heavy (non-hydrogen) atoms. The summed E-state index contributed by atoms with van der Waals surface area (Å²) < 4.78 is 7.56. The van der Waals surface area contributed by atoms with Crippen molar-refractivity contribution in [2.75, 3.05) is 7.05 Å². The van der Waals surface area contributed by atoms with Gasteiger partial charge in [0.15, 0.2) is 0 Å². The molecule has 0 saturated heterocycles. The van der Waals surface area contributed by atoms with E-state index >= 15 is 0 Å². The summed E-state index contributed by atoms with van der Waals surface area (Å²) in [4.78, 5) is 37.4. The highest BCUT2D eigenvalue weighted by Crippen LogP contribution is 2.43. The maximum absolute atomic E-state index is 12.8. The van der Waals surface area contributed by atoms with Crippen LogP contribution in [0.5, 0.6) is 11.8 Å². The zero-order valence-electron chi connectivity index (χ0n) is 19.2. The molecule has 4 aromatic rings. The third-order valence-electron chi connectivity index (χ3n) is 5.16. The Bertz CT molecular complexity index is 1440. The molecule has 0 spiro atoms. The Morgan fingerprint density at radius 2 is 2.00 bits per heavy atom. The third-order valence-corrected chi connectivity index (χ3v) is 6.54. The van der Waals surface area contributed by atoms with Gasteiger partial charge in [-0.2, -0.15) is 0 Å². The highest BCUT2D eigenvalue weighted by atomic mass is 32.1. The predicted molar refractivity (Wildman–Crippen MR) is 127 cm³/mol. The zero-order valence-corrected chi connectivity index (χ0v) is 20.0. The highest BCUT2D eigenvalue weighted by molar-refractivity contribution is 7.15. The molecule has 10 heteroatoms. The molecule has 0 aliphatic carbocycles. The summed E-state index contributed by atoms with van der Waals surface area (Å²) in [6.45, 7) is 7.13. The molecule has 172 valence electrons. The number of H-pyrrole nitrogens is 1. The molecule has 0 atom stereocenters. The lowest BCUT2D eigenvalue weighted by atomic mass is 10.1. The largest absolute Gasteiger partial charge is 0.419 e. The lowest BCUT2D eigenvalue weighted by Crippen LogP contribution is -2.19. The average Bonchev–Trinajstić information content (AvgIpc) is 3.37. The van der Waals surface area contributed by atoms with Crippen LogP contribution >= 0.6 is 11.3 Å². The van der Waals surface area contributed by atoms with Crippen LogP contribution < -0.4 is 15.6 Å². The van der Waals surface area contributed by atoms with Crippen LogP contribution in [0, 0.1) is 13.8 Å². The number of pyridine rings is 2. The fraction of sp³-hybridized carbons (Fsp3) is 0.304. The lowest BCUT2D eigenvalue weighted by molar-refractivity contribution is 0.0778. The van der Waals surface area contributed by atoms with Crippen LogP contribution in [0.25, 0.3) is 21.3 Å². The van der Waals surface area contributed by atoms with E-state index in [2.05, 4.69) is 20.3 Å². The van der Waals surface area contributed by atoms with Crippen molar-refractivity contribution in [3.63, 3.8) is 0 Å². The number of rotatable bonds is 5. The SMILES string of the molecule is CNC(=O)c1cc2c(-c3sc(C(C)(C)O)nc3Oc3ncc(C)cc3C)cn(C)c(=O)c2[nH]1. The fourth-order valence-electron chi connectivity index (χ4n) is 3.48. The number of carbonyl (C=O) groups is 1. The number of fused-ring (bicyclic) bond motifs is 1. The molecule has 0 aliphatic rings. The van der Waals surface area contributed by atoms with E-state index in [0.717, 1.165) is 11.1 Å². The summed E-state index contributed by atoms with van der Waals surface area (Å²) in [5.74, 6) is 0.325. The van der Waals surface area contributed by atoms with Crippen molar-refractivity contribution in [2.45, 2.75) is 33.3 Å². The number of thiazole rings is 1. The van der Waals surface area contributed by atoms with Gasteiger partial charge in [0.25, 0.3) is 11.5 Å². The van der Waals surface area contributed by atoms with Crippen molar-refractivity contribution in [1.29, 1.82) is 0 Å². The van der Waals surface area contributed by atoms with Crippen molar-refractivity contribution in [2.24, 2.45) is 7.05 Å². The molecule has 0 saturated carbocycles. The van der Waals surface area contributed by atoms with E-state index in [9.17, 15) is 14.7 Å². The number of carbonyl (C=O) groups excluding carboxylic acids is 1. The Kier molecular flexibility index (Phi) is 5.59. The topological polar surface area (TPSA) is 122 Å². The maximum Gasteiger partial charge on any atom is 0.274 e. The molecule has 4 heterocycles. The van der Waals surface area contributed by atoms with Crippen LogP contribution in [0.4, 0.5) is 0 Å². The summed E-state index contributed by atoms with van der Waals surface area (Å²) in [5, 5.41) is 14.2. The van der Waals surface area contributed by atoms with Crippen molar-refractivity contribution < 1.29 is 14.6 Å². The summed E-state index contributed by atoms with van der Waals surface area (Å²) in [6.07, 6.45) is 3.38. The first-order valence-electron chi connectivity index (χ1n) is 10.3. The van der Waals surface area contributed by atoms with Gasteiger partial charge < -0.3 is 24.7 Å². The first kappa shape index (κ1) is 22.7. The van der Waals surface area contributed by atoms with Gasteiger partial charge in [-0.25, -0.2) is 9.97 Å². The van der Waals surface area contributed by atoms with Crippen molar-refractivity contribution in [3.05, 3.63) is 56.7 Å². The monoisotopic (exact) mass is 467 g/mol. The molecule has 0 aromatic carbocycles. The van der Waals surface area contributed by atoms with Gasteiger partial charge in [-0.1, -0.05) is 0 Å².